The van der Waals surface area contributed by atoms with Crippen LogP contribution in [0, 0.1) is 5.41 Å². The van der Waals surface area contributed by atoms with E-state index in [4.69, 9.17) is 15.9 Å². The minimum Gasteiger partial charge on any atom is -0.384 e. The Kier molecular flexibility index (Phi) is 4.13. The molecule has 1 aromatic rings. The van der Waals surface area contributed by atoms with Crippen molar-refractivity contribution in [3.05, 3.63) is 35.4 Å². The number of hydrogen-bond acceptors (Lipinski definition) is 2. The van der Waals surface area contributed by atoms with Gasteiger partial charge in [0, 0.05) is 12.2 Å². The van der Waals surface area contributed by atoms with Crippen LogP contribution < -0.4 is 5.73 Å². The maximum atomic E-state index is 7.28. The van der Waals surface area contributed by atoms with Gasteiger partial charge in [0.05, 0.1) is 6.61 Å². The van der Waals surface area contributed by atoms with Crippen molar-refractivity contribution in [2.75, 3.05) is 6.61 Å². The lowest BCUT2D eigenvalue weighted by Gasteiger charge is -2.04. The second-order valence-corrected chi connectivity index (χ2v) is 3.17. The van der Waals surface area contributed by atoms with Gasteiger partial charge >= 0.3 is 0 Å². The molecule has 3 heteroatoms. The minimum absolute atomic E-state index is 0.0994. The fraction of sp³-hybridized carbons (Fsp3) is 0.364. The van der Waals surface area contributed by atoms with E-state index in [0.717, 1.165) is 24.2 Å². The van der Waals surface area contributed by atoms with Gasteiger partial charge in [0.25, 0.3) is 0 Å². The summed E-state index contributed by atoms with van der Waals surface area (Å²) in [6.45, 7) is 3.44. The molecule has 14 heavy (non-hydrogen) atoms. The van der Waals surface area contributed by atoms with Gasteiger partial charge in [-0.3, -0.25) is 5.41 Å². The first kappa shape index (κ1) is 10.7. The van der Waals surface area contributed by atoms with Crippen LogP contribution in [0.15, 0.2) is 24.3 Å². The van der Waals surface area contributed by atoms with E-state index in [0.29, 0.717) is 6.61 Å². The van der Waals surface area contributed by atoms with Gasteiger partial charge in [-0.2, -0.15) is 0 Å². The summed E-state index contributed by atoms with van der Waals surface area (Å²) in [4.78, 5) is 0. The molecule has 76 valence electrons. The standard InChI is InChI=1S/C11H16N2O/c1-2-6-14-8-9-4-3-5-10(7-9)11(12)13/h3-5,7H,2,6,8H2,1H3,(H3,12,13). The van der Waals surface area contributed by atoms with Crippen molar-refractivity contribution in [1.82, 2.24) is 0 Å². The van der Waals surface area contributed by atoms with Gasteiger partial charge in [0.2, 0.25) is 0 Å². The highest BCUT2D eigenvalue weighted by molar-refractivity contribution is 5.95. The van der Waals surface area contributed by atoms with Crippen molar-refractivity contribution in [2.24, 2.45) is 5.73 Å². The average Bonchev–Trinajstić information content (AvgIpc) is 2.19. The second kappa shape index (κ2) is 5.40. The Morgan fingerprint density at radius 3 is 2.93 bits per heavy atom. The molecule has 0 aliphatic heterocycles. The Hall–Kier alpha value is -1.35. The van der Waals surface area contributed by atoms with Gasteiger partial charge in [-0.05, 0) is 18.1 Å². The second-order valence-electron chi connectivity index (χ2n) is 3.17. The van der Waals surface area contributed by atoms with E-state index in [1.165, 1.54) is 0 Å². The molecule has 0 heterocycles. The van der Waals surface area contributed by atoms with Gasteiger partial charge < -0.3 is 10.5 Å². The minimum atomic E-state index is 0.0994. The molecule has 0 aromatic heterocycles. The van der Waals surface area contributed by atoms with Crippen LogP contribution in [-0.2, 0) is 11.3 Å². The van der Waals surface area contributed by atoms with Crippen LogP contribution in [-0.4, -0.2) is 12.4 Å². The summed E-state index contributed by atoms with van der Waals surface area (Å²) in [5.41, 5.74) is 7.19. The van der Waals surface area contributed by atoms with Gasteiger partial charge in [-0.25, -0.2) is 0 Å². The first-order valence-corrected chi connectivity index (χ1v) is 4.75. The molecule has 0 fully saturated rings. The van der Waals surface area contributed by atoms with Crippen LogP contribution in [0.25, 0.3) is 0 Å². The van der Waals surface area contributed by atoms with E-state index in [1.807, 2.05) is 24.3 Å². The van der Waals surface area contributed by atoms with E-state index < -0.39 is 0 Å². The number of nitrogen functional groups attached to an aromatic ring is 1. The number of nitrogens with two attached hydrogens (primary N) is 1. The van der Waals surface area contributed by atoms with Gasteiger partial charge in [0.15, 0.2) is 0 Å². The predicted octanol–water partition coefficient (Wildman–Crippen LogP) is 1.90. The largest absolute Gasteiger partial charge is 0.384 e. The Bertz CT molecular complexity index is 310. The van der Waals surface area contributed by atoms with Crippen molar-refractivity contribution < 1.29 is 4.74 Å². The SMILES string of the molecule is CCCOCc1cccc(C(=N)N)c1. The quantitative estimate of drug-likeness (QED) is 0.425. The summed E-state index contributed by atoms with van der Waals surface area (Å²) in [5, 5.41) is 7.28. The van der Waals surface area contributed by atoms with Gasteiger partial charge in [-0.15, -0.1) is 0 Å². The smallest absolute Gasteiger partial charge is 0.122 e. The van der Waals surface area contributed by atoms with Crippen molar-refractivity contribution in [2.45, 2.75) is 20.0 Å². The molecule has 3 nitrogen and oxygen atoms in total. The van der Waals surface area contributed by atoms with Crippen molar-refractivity contribution in [3.8, 4) is 0 Å². The molecular weight excluding hydrogens is 176 g/mol. The monoisotopic (exact) mass is 192 g/mol. The average molecular weight is 192 g/mol. The molecule has 1 aromatic carbocycles. The molecule has 1 rings (SSSR count). The van der Waals surface area contributed by atoms with E-state index in [9.17, 15) is 0 Å². The van der Waals surface area contributed by atoms with Gasteiger partial charge in [0.1, 0.15) is 5.84 Å². The first-order valence-electron chi connectivity index (χ1n) is 4.75. The summed E-state index contributed by atoms with van der Waals surface area (Å²) < 4.78 is 5.39. The number of benzene rings is 1. The molecule has 0 atom stereocenters. The van der Waals surface area contributed by atoms with E-state index >= 15 is 0 Å². The normalized spacial score (nSPS) is 10.1. The summed E-state index contributed by atoms with van der Waals surface area (Å²) in [7, 11) is 0. The van der Waals surface area contributed by atoms with E-state index in [2.05, 4.69) is 6.92 Å². The third-order valence-electron chi connectivity index (χ3n) is 1.86. The van der Waals surface area contributed by atoms with Gasteiger partial charge in [-0.1, -0.05) is 25.1 Å². The van der Waals surface area contributed by atoms with Crippen LogP contribution in [0.4, 0.5) is 0 Å². The summed E-state index contributed by atoms with van der Waals surface area (Å²) >= 11 is 0. The Morgan fingerprint density at radius 2 is 2.29 bits per heavy atom. The Balaban J connectivity index is 2.59. The Morgan fingerprint density at radius 1 is 1.50 bits per heavy atom. The molecule has 0 saturated carbocycles. The topological polar surface area (TPSA) is 59.1 Å². The zero-order chi connectivity index (χ0) is 10.4. The molecule has 0 unspecified atom stereocenters. The maximum absolute atomic E-state index is 7.28. The molecule has 0 spiro atoms. The summed E-state index contributed by atoms with van der Waals surface area (Å²) in [6, 6.07) is 7.58. The third-order valence-corrected chi connectivity index (χ3v) is 1.86. The van der Waals surface area contributed by atoms with Crippen molar-refractivity contribution >= 4 is 5.84 Å². The number of ether oxygens (including phenoxy) is 1. The Labute approximate surface area is 84.4 Å². The van der Waals surface area contributed by atoms with E-state index in [-0.39, 0.29) is 5.84 Å². The number of amidine groups is 1. The lowest BCUT2D eigenvalue weighted by molar-refractivity contribution is 0.121. The molecule has 0 amide bonds. The molecule has 0 radical (unpaired) electrons. The highest BCUT2D eigenvalue weighted by atomic mass is 16.5. The molecule has 0 aliphatic rings. The van der Waals surface area contributed by atoms with Crippen molar-refractivity contribution in [1.29, 1.82) is 5.41 Å². The van der Waals surface area contributed by atoms with E-state index in [1.54, 1.807) is 0 Å². The number of hydrogen-bond donors (Lipinski definition) is 2. The van der Waals surface area contributed by atoms with Crippen molar-refractivity contribution in [3.63, 3.8) is 0 Å². The highest BCUT2D eigenvalue weighted by Crippen LogP contribution is 2.06. The maximum Gasteiger partial charge on any atom is 0.122 e. The van der Waals surface area contributed by atoms with Crippen LogP contribution >= 0.6 is 0 Å². The fourth-order valence-electron chi connectivity index (χ4n) is 1.16. The molecule has 0 bridgehead atoms. The molecule has 3 N–H and O–H groups in total. The fourth-order valence-corrected chi connectivity index (χ4v) is 1.16. The first-order chi connectivity index (χ1) is 6.74. The number of rotatable bonds is 5. The van der Waals surface area contributed by atoms with Crippen LogP contribution in [0.2, 0.25) is 0 Å². The number of nitrogens with one attached hydrogen (secondary N) is 1. The predicted molar refractivity (Wildman–Crippen MR) is 57.4 cm³/mol. The molecule has 0 saturated heterocycles. The summed E-state index contributed by atoms with van der Waals surface area (Å²) in [6.07, 6.45) is 1.02. The lowest BCUT2D eigenvalue weighted by Crippen LogP contribution is -2.11. The zero-order valence-electron chi connectivity index (χ0n) is 8.42. The molecular formula is C11H16N2O. The molecule has 0 aliphatic carbocycles. The van der Waals surface area contributed by atoms with Crippen LogP contribution in [0.1, 0.15) is 24.5 Å². The lowest BCUT2D eigenvalue weighted by atomic mass is 10.1. The summed E-state index contributed by atoms with van der Waals surface area (Å²) in [5.74, 6) is 0.0994. The zero-order valence-corrected chi connectivity index (χ0v) is 8.42. The highest BCUT2D eigenvalue weighted by Gasteiger charge is 1.98. The van der Waals surface area contributed by atoms with Crippen LogP contribution in [0.3, 0.4) is 0 Å². The third kappa shape index (κ3) is 3.18. The van der Waals surface area contributed by atoms with Crippen LogP contribution in [0.5, 0.6) is 0 Å².